The Bertz CT molecular complexity index is 296. The standard InChI is InChI=1S/C13H19NO/c1-3-8-14-11-12-6-5-7-13(10-12)15-9-4-2/h4-7,10,14H,2-3,8-9,11H2,1H3/p+1. The molecule has 0 saturated carbocycles. The molecule has 0 atom stereocenters. The van der Waals surface area contributed by atoms with Crippen molar-refractivity contribution in [3.63, 3.8) is 0 Å². The summed E-state index contributed by atoms with van der Waals surface area (Å²) in [5.41, 5.74) is 1.31. The smallest absolute Gasteiger partial charge is 0.120 e. The molecule has 2 nitrogen and oxygen atoms in total. The number of benzene rings is 1. The van der Waals surface area contributed by atoms with E-state index in [2.05, 4.69) is 31.0 Å². The SMILES string of the molecule is C=CCOc1cccc(C[NH2+]CCC)c1. The lowest BCUT2D eigenvalue weighted by molar-refractivity contribution is -0.670. The molecule has 0 aliphatic carbocycles. The molecule has 0 amide bonds. The average molecular weight is 206 g/mol. The van der Waals surface area contributed by atoms with Gasteiger partial charge in [-0.3, -0.25) is 0 Å². The van der Waals surface area contributed by atoms with Crippen LogP contribution in [0, 0.1) is 0 Å². The van der Waals surface area contributed by atoms with Crippen LogP contribution in [-0.2, 0) is 6.54 Å². The Labute approximate surface area is 92.0 Å². The molecule has 0 aliphatic rings. The first-order chi connectivity index (χ1) is 7.36. The van der Waals surface area contributed by atoms with Crippen LogP contribution in [0.25, 0.3) is 0 Å². The average Bonchev–Trinajstić information content (AvgIpc) is 2.27. The topological polar surface area (TPSA) is 25.8 Å². The summed E-state index contributed by atoms with van der Waals surface area (Å²) in [6, 6.07) is 8.24. The predicted molar refractivity (Wildman–Crippen MR) is 62.9 cm³/mol. The number of ether oxygens (including phenoxy) is 1. The van der Waals surface area contributed by atoms with Crippen molar-refractivity contribution in [2.24, 2.45) is 0 Å². The number of hydrogen-bond acceptors (Lipinski definition) is 1. The second kappa shape index (κ2) is 7.07. The summed E-state index contributed by atoms with van der Waals surface area (Å²) in [7, 11) is 0. The maximum Gasteiger partial charge on any atom is 0.120 e. The van der Waals surface area contributed by atoms with E-state index in [1.807, 2.05) is 12.1 Å². The molecule has 0 aliphatic heterocycles. The van der Waals surface area contributed by atoms with Gasteiger partial charge in [-0.05, 0) is 18.6 Å². The van der Waals surface area contributed by atoms with Gasteiger partial charge in [-0.15, -0.1) is 0 Å². The zero-order chi connectivity index (χ0) is 10.9. The van der Waals surface area contributed by atoms with E-state index in [1.165, 1.54) is 18.5 Å². The largest absolute Gasteiger partial charge is 0.490 e. The van der Waals surface area contributed by atoms with Gasteiger partial charge in [0.25, 0.3) is 0 Å². The van der Waals surface area contributed by atoms with Crippen LogP contribution < -0.4 is 10.1 Å². The molecule has 0 aromatic heterocycles. The van der Waals surface area contributed by atoms with Gasteiger partial charge in [0.05, 0.1) is 6.54 Å². The number of hydrogen-bond donors (Lipinski definition) is 1. The maximum atomic E-state index is 5.47. The number of quaternary nitrogens is 1. The summed E-state index contributed by atoms with van der Waals surface area (Å²) in [6.45, 7) is 8.60. The molecule has 1 aromatic rings. The summed E-state index contributed by atoms with van der Waals surface area (Å²) in [5.74, 6) is 0.928. The summed E-state index contributed by atoms with van der Waals surface area (Å²) in [4.78, 5) is 0. The van der Waals surface area contributed by atoms with Gasteiger partial charge >= 0.3 is 0 Å². The first-order valence-electron chi connectivity index (χ1n) is 5.51. The van der Waals surface area contributed by atoms with Gasteiger partial charge in [-0.1, -0.05) is 31.7 Å². The molecule has 0 unspecified atom stereocenters. The molecule has 0 bridgehead atoms. The summed E-state index contributed by atoms with van der Waals surface area (Å²) >= 11 is 0. The van der Waals surface area contributed by atoms with Gasteiger partial charge < -0.3 is 10.1 Å². The van der Waals surface area contributed by atoms with Gasteiger partial charge in [0.2, 0.25) is 0 Å². The molecule has 82 valence electrons. The minimum atomic E-state index is 0.572. The minimum absolute atomic E-state index is 0.572. The highest BCUT2D eigenvalue weighted by Gasteiger charge is 1.97. The van der Waals surface area contributed by atoms with E-state index in [9.17, 15) is 0 Å². The molecule has 15 heavy (non-hydrogen) atoms. The van der Waals surface area contributed by atoms with Crippen molar-refractivity contribution in [1.29, 1.82) is 0 Å². The van der Waals surface area contributed by atoms with Crippen molar-refractivity contribution in [2.45, 2.75) is 19.9 Å². The minimum Gasteiger partial charge on any atom is -0.490 e. The normalized spacial score (nSPS) is 9.93. The van der Waals surface area contributed by atoms with E-state index in [4.69, 9.17) is 4.74 Å². The van der Waals surface area contributed by atoms with Crippen LogP contribution >= 0.6 is 0 Å². The quantitative estimate of drug-likeness (QED) is 0.533. The molecule has 0 spiro atoms. The van der Waals surface area contributed by atoms with Crippen LogP contribution in [0.3, 0.4) is 0 Å². The Hall–Kier alpha value is -1.28. The summed E-state index contributed by atoms with van der Waals surface area (Å²) in [6.07, 6.45) is 2.97. The van der Waals surface area contributed by atoms with E-state index in [1.54, 1.807) is 6.08 Å². The van der Waals surface area contributed by atoms with Gasteiger partial charge in [-0.2, -0.15) is 0 Å². The molecule has 2 heteroatoms. The molecule has 0 radical (unpaired) electrons. The molecular weight excluding hydrogens is 186 g/mol. The highest BCUT2D eigenvalue weighted by atomic mass is 16.5. The first-order valence-corrected chi connectivity index (χ1v) is 5.51. The highest BCUT2D eigenvalue weighted by molar-refractivity contribution is 5.28. The predicted octanol–water partition coefficient (Wildman–Crippen LogP) is 1.72. The van der Waals surface area contributed by atoms with Crippen molar-refractivity contribution >= 4 is 0 Å². The van der Waals surface area contributed by atoms with Crippen LogP contribution in [0.15, 0.2) is 36.9 Å². The van der Waals surface area contributed by atoms with E-state index < -0.39 is 0 Å². The Morgan fingerprint density at radius 2 is 2.33 bits per heavy atom. The third-order valence-electron chi connectivity index (χ3n) is 2.14. The molecule has 1 aromatic carbocycles. The van der Waals surface area contributed by atoms with Crippen LogP contribution in [0.4, 0.5) is 0 Å². The van der Waals surface area contributed by atoms with Crippen molar-refractivity contribution < 1.29 is 10.1 Å². The van der Waals surface area contributed by atoms with E-state index >= 15 is 0 Å². The molecule has 2 N–H and O–H groups in total. The van der Waals surface area contributed by atoms with Crippen LogP contribution in [0.2, 0.25) is 0 Å². The second-order valence-corrected chi connectivity index (χ2v) is 3.53. The van der Waals surface area contributed by atoms with Crippen LogP contribution in [0.5, 0.6) is 5.75 Å². The molecule has 0 heterocycles. The highest BCUT2D eigenvalue weighted by Crippen LogP contribution is 2.12. The zero-order valence-corrected chi connectivity index (χ0v) is 9.41. The van der Waals surface area contributed by atoms with Crippen LogP contribution in [0.1, 0.15) is 18.9 Å². The zero-order valence-electron chi connectivity index (χ0n) is 9.41. The monoisotopic (exact) mass is 206 g/mol. The fourth-order valence-electron chi connectivity index (χ4n) is 1.39. The molecule has 0 fully saturated rings. The molecule has 1 rings (SSSR count). The number of rotatable bonds is 7. The lowest BCUT2D eigenvalue weighted by atomic mass is 10.2. The van der Waals surface area contributed by atoms with Gasteiger partial charge in [0.15, 0.2) is 0 Å². The fraction of sp³-hybridized carbons (Fsp3) is 0.385. The van der Waals surface area contributed by atoms with Crippen molar-refractivity contribution in [3.05, 3.63) is 42.5 Å². The Morgan fingerprint density at radius 3 is 3.07 bits per heavy atom. The molecular formula is C13H20NO+. The second-order valence-electron chi connectivity index (χ2n) is 3.53. The third-order valence-corrected chi connectivity index (χ3v) is 2.14. The van der Waals surface area contributed by atoms with Crippen molar-refractivity contribution in [3.8, 4) is 5.75 Å². The third kappa shape index (κ3) is 4.66. The van der Waals surface area contributed by atoms with Crippen molar-refractivity contribution in [2.75, 3.05) is 13.2 Å². The lowest BCUT2D eigenvalue weighted by Crippen LogP contribution is -2.82. The fourth-order valence-corrected chi connectivity index (χ4v) is 1.39. The summed E-state index contributed by atoms with van der Waals surface area (Å²) < 4.78 is 5.47. The van der Waals surface area contributed by atoms with Gasteiger partial charge in [-0.25, -0.2) is 0 Å². The van der Waals surface area contributed by atoms with E-state index in [0.717, 1.165) is 12.3 Å². The number of nitrogens with two attached hydrogens (primary N) is 1. The van der Waals surface area contributed by atoms with E-state index in [-0.39, 0.29) is 0 Å². The maximum absolute atomic E-state index is 5.47. The first kappa shape index (κ1) is 11.8. The van der Waals surface area contributed by atoms with Crippen molar-refractivity contribution in [1.82, 2.24) is 0 Å². The van der Waals surface area contributed by atoms with Crippen LogP contribution in [-0.4, -0.2) is 13.2 Å². The summed E-state index contributed by atoms with van der Waals surface area (Å²) in [5, 5.41) is 2.31. The Morgan fingerprint density at radius 1 is 1.47 bits per heavy atom. The van der Waals surface area contributed by atoms with Gasteiger partial charge in [0, 0.05) is 5.56 Å². The Balaban J connectivity index is 2.46. The van der Waals surface area contributed by atoms with E-state index in [0.29, 0.717) is 6.61 Å². The van der Waals surface area contributed by atoms with Gasteiger partial charge in [0.1, 0.15) is 18.9 Å². The molecule has 0 saturated heterocycles. The Kier molecular flexibility index (Phi) is 5.56. The lowest BCUT2D eigenvalue weighted by Gasteiger charge is -2.05.